The third-order valence-corrected chi connectivity index (χ3v) is 5.21. The van der Waals surface area contributed by atoms with E-state index >= 15 is 0 Å². The predicted octanol–water partition coefficient (Wildman–Crippen LogP) is 1.84. The summed E-state index contributed by atoms with van der Waals surface area (Å²) in [6.45, 7) is 4.92. The van der Waals surface area contributed by atoms with Crippen molar-refractivity contribution < 1.29 is 8.42 Å². The minimum absolute atomic E-state index is 0.0583. The average molecular weight is 332 g/mol. The maximum absolute atomic E-state index is 11.2. The number of thiophene rings is 1. The maximum atomic E-state index is 11.2. The van der Waals surface area contributed by atoms with E-state index in [1.807, 2.05) is 6.92 Å². The molecule has 0 saturated heterocycles. The Bertz CT molecular complexity index is 539. The number of nitrogens with zero attached hydrogens (tertiary/aromatic N) is 1. The second kappa shape index (κ2) is 8.38. The molecule has 21 heavy (non-hydrogen) atoms. The minimum atomic E-state index is -2.92. The van der Waals surface area contributed by atoms with Gasteiger partial charge in [-0.2, -0.15) is 0 Å². The lowest BCUT2D eigenvalue weighted by Crippen LogP contribution is -2.43. The molecule has 2 unspecified atom stereocenters. The Balaban J connectivity index is 2.38. The van der Waals surface area contributed by atoms with Crippen LogP contribution in [-0.4, -0.2) is 46.0 Å². The van der Waals surface area contributed by atoms with Crippen molar-refractivity contribution in [2.75, 3.05) is 25.6 Å². The van der Waals surface area contributed by atoms with E-state index in [0.29, 0.717) is 18.3 Å². The molecular formula is C14H25N3O2S2. The summed E-state index contributed by atoms with van der Waals surface area (Å²) < 4.78 is 22.3. The van der Waals surface area contributed by atoms with Crippen molar-refractivity contribution in [3.63, 3.8) is 0 Å². The van der Waals surface area contributed by atoms with E-state index in [1.165, 1.54) is 11.1 Å². The summed E-state index contributed by atoms with van der Waals surface area (Å²) in [5, 5.41) is 8.57. The van der Waals surface area contributed by atoms with Gasteiger partial charge in [0.25, 0.3) is 0 Å². The maximum Gasteiger partial charge on any atom is 0.191 e. The lowest BCUT2D eigenvalue weighted by Gasteiger charge is -2.19. The molecule has 0 amide bonds. The highest BCUT2D eigenvalue weighted by Crippen LogP contribution is 2.19. The van der Waals surface area contributed by atoms with Crippen molar-refractivity contribution in [2.45, 2.75) is 32.2 Å². The lowest BCUT2D eigenvalue weighted by atomic mass is 10.1. The van der Waals surface area contributed by atoms with Crippen molar-refractivity contribution in [1.29, 1.82) is 0 Å². The second-order valence-corrected chi connectivity index (χ2v) is 8.57. The van der Waals surface area contributed by atoms with Gasteiger partial charge in [-0.3, -0.25) is 4.99 Å². The van der Waals surface area contributed by atoms with E-state index in [1.54, 1.807) is 18.4 Å². The first-order valence-electron chi connectivity index (χ1n) is 7.00. The summed E-state index contributed by atoms with van der Waals surface area (Å²) in [5.41, 5.74) is 0. The molecule has 120 valence electrons. The van der Waals surface area contributed by atoms with Gasteiger partial charge in [0, 0.05) is 36.7 Å². The summed E-state index contributed by atoms with van der Waals surface area (Å²) >= 11 is 1.75. The van der Waals surface area contributed by atoms with Crippen LogP contribution in [0.5, 0.6) is 0 Å². The topological polar surface area (TPSA) is 70.6 Å². The number of guanidine groups is 1. The van der Waals surface area contributed by atoms with Crippen LogP contribution >= 0.6 is 11.3 Å². The van der Waals surface area contributed by atoms with Crippen LogP contribution in [-0.2, 0) is 9.84 Å². The molecule has 0 aliphatic carbocycles. The van der Waals surface area contributed by atoms with Gasteiger partial charge in [-0.1, -0.05) is 13.0 Å². The molecule has 1 rings (SSSR count). The van der Waals surface area contributed by atoms with E-state index in [9.17, 15) is 8.42 Å². The van der Waals surface area contributed by atoms with E-state index in [2.05, 4.69) is 40.1 Å². The Morgan fingerprint density at radius 3 is 2.67 bits per heavy atom. The van der Waals surface area contributed by atoms with Crippen LogP contribution in [0.1, 0.15) is 31.1 Å². The summed E-state index contributed by atoms with van der Waals surface area (Å²) in [4.78, 5) is 5.51. The fourth-order valence-electron chi connectivity index (χ4n) is 1.81. The first-order valence-corrected chi connectivity index (χ1v) is 9.94. The normalized spacial score (nSPS) is 15.5. The molecule has 1 heterocycles. The van der Waals surface area contributed by atoms with Gasteiger partial charge in [0.15, 0.2) is 5.96 Å². The quantitative estimate of drug-likeness (QED) is 0.591. The standard InChI is InChI=1S/C14H25N3O2S2/c1-11(13-6-5-8-20-13)10-16-14(15-3)17-12(2)7-9-21(4,18)19/h5-6,8,11-12H,7,9-10H2,1-4H3,(H2,15,16,17). The summed E-state index contributed by atoms with van der Waals surface area (Å²) in [5.74, 6) is 1.30. The number of rotatable bonds is 7. The number of aliphatic imine (C=N–C) groups is 1. The van der Waals surface area contributed by atoms with Gasteiger partial charge in [-0.05, 0) is 24.8 Å². The predicted molar refractivity (Wildman–Crippen MR) is 91.0 cm³/mol. The third-order valence-electron chi connectivity index (χ3n) is 3.13. The second-order valence-electron chi connectivity index (χ2n) is 5.33. The van der Waals surface area contributed by atoms with Crippen molar-refractivity contribution in [3.05, 3.63) is 22.4 Å². The van der Waals surface area contributed by atoms with Gasteiger partial charge in [0.2, 0.25) is 0 Å². The Morgan fingerprint density at radius 2 is 2.14 bits per heavy atom. The third kappa shape index (κ3) is 7.47. The SMILES string of the molecule is CN=C(NCC(C)c1cccs1)NC(C)CCS(C)(=O)=O. The number of nitrogens with one attached hydrogen (secondary N) is 2. The first kappa shape index (κ1) is 18.0. The van der Waals surface area contributed by atoms with Crippen molar-refractivity contribution >= 4 is 27.1 Å². The number of sulfone groups is 1. The van der Waals surface area contributed by atoms with E-state index in [-0.39, 0.29) is 11.8 Å². The zero-order chi connectivity index (χ0) is 15.9. The van der Waals surface area contributed by atoms with Crippen LogP contribution in [0.15, 0.2) is 22.5 Å². The Hall–Kier alpha value is -1.08. The molecule has 0 bridgehead atoms. The molecule has 1 aromatic rings. The van der Waals surface area contributed by atoms with Crippen molar-refractivity contribution in [3.8, 4) is 0 Å². The molecule has 2 atom stereocenters. The van der Waals surface area contributed by atoms with Crippen LogP contribution in [0.2, 0.25) is 0 Å². The van der Waals surface area contributed by atoms with Crippen LogP contribution in [0.3, 0.4) is 0 Å². The molecule has 0 aliphatic rings. The smallest absolute Gasteiger partial charge is 0.191 e. The Morgan fingerprint density at radius 1 is 1.43 bits per heavy atom. The molecule has 0 fully saturated rings. The Labute approximate surface area is 131 Å². The van der Waals surface area contributed by atoms with E-state index < -0.39 is 9.84 Å². The lowest BCUT2D eigenvalue weighted by molar-refractivity contribution is 0.580. The highest BCUT2D eigenvalue weighted by atomic mass is 32.2. The first-order chi connectivity index (χ1) is 9.81. The van der Waals surface area contributed by atoms with Crippen LogP contribution in [0.25, 0.3) is 0 Å². The number of hydrogen-bond acceptors (Lipinski definition) is 4. The van der Waals surface area contributed by atoms with Crippen molar-refractivity contribution in [2.24, 2.45) is 4.99 Å². The number of hydrogen-bond donors (Lipinski definition) is 2. The van der Waals surface area contributed by atoms with Crippen LogP contribution < -0.4 is 10.6 Å². The minimum Gasteiger partial charge on any atom is -0.356 e. The van der Waals surface area contributed by atoms with E-state index in [4.69, 9.17) is 0 Å². The Kier molecular flexibility index (Phi) is 7.17. The van der Waals surface area contributed by atoms with Gasteiger partial charge in [0.05, 0.1) is 5.75 Å². The fraction of sp³-hybridized carbons (Fsp3) is 0.643. The molecular weight excluding hydrogens is 306 g/mol. The van der Waals surface area contributed by atoms with Gasteiger partial charge >= 0.3 is 0 Å². The van der Waals surface area contributed by atoms with Crippen LogP contribution in [0.4, 0.5) is 0 Å². The summed E-state index contributed by atoms with van der Waals surface area (Å²) in [6, 6.07) is 4.24. The molecule has 0 aliphatic heterocycles. The average Bonchev–Trinajstić information content (AvgIpc) is 2.94. The molecule has 0 saturated carbocycles. The summed E-state index contributed by atoms with van der Waals surface area (Å²) in [7, 11) is -1.20. The van der Waals surface area contributed by atoms with Gasteiger partial charge in [0.1, 0.15) is 9.84 Å². The molecule has 1 aromatic heterocycles. The molecule has 7 heteroatoms. The molecule has 0 radical (unpaired) electrons. The van der Waals surface area contributed by atoms with Gasteiger partial charge in [-0.25, -0.2) is 8.42 Å². The zero-order valence-electron chi connectivity index (χ0n) is 13.1. The monoisotopic (exact) mass is 331 g/mol. The molecule has 5 nitrogen and oxygen atoms in total. The highest BCUT2D eigenvalue weighted by molar-refractivity contribution is 7.90. The summed E-state index contributed by atoms with van der Waals surface area (Å²) in [6.07, 6.45) is 1.83. The van der Waals surface area contributed by atoms with Gasteiger partial charge in [-0.15, -0.1) is 11.3 Å². The largest absolute Gasteiger partial charge is 0.356 e. The fourth-order valence-corrected chi connectivity index (χ4v) is 3.38. The van der Waals surface area contributed by atoms with Crippen LogP contribution in [0, 0.1) is 0 Å². The molecule has 0 spiro atoms. The zero-order valence-corrected chi connectivity index (χ0v) is 14.7. The van der Waals surface area contributed by atoms with Gasteiger partial charge < -0.3 is 10.6 Å². The molecule has 2 N–H and O–H groups in total. The van der Waals surface area contributed by atoms with E-state index in [0.717, 1.165) is 6.54 Å². The molecule has 0 aromatic carbocycles. The van der Waals surface area contributed by atoms with Crippen molar-refractivity contribution in [1.82, 2.24) is 10.6 Å². The highest BCUT2D eigenvalue weighted by Gasteiger charge is 2.11.